The summed E-state index contributed by atoms with van der Waals surface area (Å²) in [5.41, 5.74) is 3.95. The number of amides is 1. The second kappa shape index (κ2) is 7.39. The Balaban J connectivity index is 1.67. The minimum Gasteiger partial charge on any atom is -0.481 e. The second-order valence-corrected chi connectivity index (χ2v) is 6.39. The van der Waals surface area contributed by atoms with E-state index in [0.29, 0.717) is 17.5 Å². The van der Waals surface area contributed by atoms with Gasteiger partial charge in [0, 0.05) is 18.3 Å². The molecule has 2 aromatic heterocycles. The molecule has 1 amide bonds. The van der Waals surface area contributed by atoms with Crippen molar-refractivity contribution in [2.75, 3.05) is 6.54 Å². The zero-order valence-corrected chi connectivity index (χ0v) is 14.7. The number of hydrogen-bond acceptors (Lipinski definition) is 4. The van der Waals surface area contributed by atoms with Crippen molar-refractivity contribution >= 4 is 23.0 Å². The monoisotopic (exact) mass is 352 g/mol. The molecule has 0 aliphatic rings. The lowest BCUT2D eigenvalue weighted by atomic mass is 9.98. The number of carbonyl (C=O) groups excluding carboxylic acids is 1. The Labute approximate surface area is 150 Å². The van der Waals surface area contributed by atoms with Crippen molar-refractivity contribution in [3.05, 3.63) is 65.0 Å². The van der Waals surface area contributed by atoms with Gasteiger partial charge in [-0.15, -0.1) is 0 Å². The SMILES string of the molecule is Cc1cccc(CC(CNC(=O)c2cc3nc(C)ccc3o2)C(=O)O)c1. The Bertz CT molecular complexity index is 961. The molecule has 2 heterocycles. The molecule has 0 aliphatic heterocycles. The number of aryl methyl sites for hydroxylation is 2. The number of aliphatic carboxylic acids is 1. The summed E-state index contributed by atoms with van der Waals surface area (Å²) in [5, 5.41) is 12.1. The van der Waals surface area contributed by atoms with Gasteiger partial charge in [0.2, 0.25) is 0 Å². The van der Waals surface area contributed by atoms with E-state index in [9.17, 15) is 14.7 Å². The average molecular weight is 352 g/mol. The Hall–Kier alpha value is -3.15. The van der Waals surface area contributed by atoms with E-state index in [0.717, 1.165) is 16.8 Å². The number of fused-ring (bicyclic) bond motifs is 1. The fourth-order valence-corrected chi connectivity index (χ4v) is 2.81. The highest BCUT2D eigenvalue weighted by atomic mass is 16.4. The number of nitrogens with one attached hydrogen (secondary N) is 1. The summed E-state index contributed by atoms with van der Waals surface area (Å²) in [6.45, 7) is 3.83. The zero-order chi connectivity index (χ0) is 18.7. The standard InChI is InChI=1S/C20H20N2O4/c1-12-4-3-5-14(8-12)9-15(20(24)25)11-21-19(23)18-10-16-17(26-18)7-6-13(2)22-16/h3-8,10,15H,9,11H2,1-2H3,(H,21,23)(H,24,25). The molecular weight excluding hydrogens is 332 g/mol. The summed E-state index contributed by atoms with van der Waals surface area (Å²) >= 11 is 0. The van der Waals surface area contributed by atoms with E-state index in [4.69, 9.17) is 4.42 Å². The molecule has 134 valence electrons. The first-order valence-corrected chi connectivity index (χ1v) is 8.36. The number of carboxylic acids is 1. The minimum atomic E-state index is -0.950. The number of nitrogens with zero attached hydrogens (tertiary/aromatic N) is 1. The molecule has 0 saturated heterocycles. The molecule has 1 aromatic carbocycles. The van der Waals surface area contributed by atoms with Gasteiger partial charge < -0.3 is 14.8 Å². The quantitative estimate of drug-likeness (QED) is 0.711. The molecule has 1 unspecified atom stereocenters. The van der Waals surface area contributed by atoms with Gasteiger partial charge in [-0.3, -0.25) is 9.59 Å². The highest BCUT2D eigenvalue weighted by Gasteiger charge is 2.21. The van der Waals surface area contributed by atoms with Crippen LogP contribution in [0.3, 0.4) is 0 Å². The van der Waals surface area contributed by atoms with Crippen molar-refractivity contribution < 1.29 is 19.1 Å². The molecule has 0 bridgehead atoms. The number of furan rings is 1. The highest BCUT2D eigenvalue weighted by Crippen LogP contribution is 2.18. The van der Waals surface area contributed by atoms with Crippen molar-refractivity contribution in [1.29, 1.82) is 0 Å². The number of rotatable bonds is 6. The van der Waals surface area contributed by atoms with Crippen molar-refractivity contribution in [3.63, 3.8) is 0 Å². The summed E-state index contributed by atoms with van der Waals surface area (Å²) in [6.07, 6.45) is 0.345. The van der Waals surface area contributed by atoms with Gasteiger partial charge >= 0.3 is 5.97 Å². The second-order valence-electron chi connectivity index (χ2n) is 6.39. The van der Waals surface area contributed by atoms with Crippen molar-refractivity contribution in [2.24, 2.45) is 5.92 Å². The van der Waals surface area contributed by atoms with Gasteiger partial charge in [0.25, 0.3) is 5.91 Å². The van der Waals surface area contributed by atoms with Crippen LogP contribution in [0.4, 0.5) is 0 Å². The first-order chi connectivity index (χ1) is 12.4. The van der Waals surface area contributed by atoms with E-state index in [2.05, 4.69) is 10.3 Å². The van der Waals surface area contributed by atoms with Crippen LogP contribution >= 0.6 is 0 Å². The third-order valence-electron chi connectivity index (χ3n) is 4.16. The molecule has 0 aliphatic carbocycles. The summed E-state index contributed by atoms with van der Waals surface area (Å²) in [5.74, 6) is -1.99. The highest BCUT2D eigenvalue weighted by molar-refractivity contribution is 5.95. The van der Waals surface area contributed by atoms with Crippen LogP contribution in [0.2, 0.25) is 0 Å². The van der Waals surface area contributed by atoms with Crippen LogP contribution in [0, 0.1) is 19.8 Å². The maximum absolute atomic E-state index is 12.3. The normalized spacial score (nSPS) is 12.1. The molecule has 0 spiro atoms. The van der Waals surface area contributed by atoms with Gasteiger partial charge in [0.1, 0.15) is 5.52 Å². The fraction of sp³-hybridized carbons (Fsp3) is 0.250. The molecule has 0 fully saturated rings. The van der Waals surface area contributed by atoms with Gasteiger partial charge in [-0.25, -0.2) is 4.98 Å². The van der Waals surface area contributed by atoms with Crippen LogP contribution in [0.15, 0.2) is 46.9 Å². The largest absolute Gasteiger partial charge is 0.481 e. The average Bonchev–Trinajstić information content (AvgIpc) is 3.01. The minimum absolute atomic E-state index is 0.0195. The topological polar surface area (TPSA) is 92.4 Å². The Morgan fingerprint density at radius 3 is 2.73 bits per heavy atom. The van der Waals surface area contributed by atoms with Gasteiger partial charge in [0.15, 0.2) is 11.3 Å². The molecule has 6 nitrogen and oxygen atoms in total. The third-order valence-corrected chi connectivity index (χ3v) is 4.16. The fourth-order valence-electron chi connectivity index (χ4n) is 2.81. The van der Waals surface area contributed by atoms with Crippen molar-refractivity contribution in [1.82, 2.24) is 10.3 Å². The predicted octanol–water partition coefficient (Wildman–Crippen LogP) is 3.12. The predicted molar refractivity (Wildman–Crippen MR) is 97.1 cm³/mol. The number of pyridine rings is 1. The maximum atomic E-state index is 12.3. The lowest BCUT2D eigenvalue weighted by molar-refractivity contribution is -0.141. The summed E-state index contributed by atoms with van der Waals surface area (Å²) in [6, 6.07) is 12.8. The Kier molecular flexibility index (Phi) is 5.02. The van der Waals surface area contributed by atoms with Crippen LogP contribution in [-0.4, -0.2) is 28.5 Å². The number of aromatic nitrogens is 1. The van der Waals surface area contributed by atoms with E-state index < -0.39 is 17.8 Å². The van der Waals surface area contributed by atoms with Crippen LogP contribution < -0.4 is 5.32 Å². The molecular formula is C20H20N2O4. The third kappa shape index (κ3) is 4.08. The number of hydrogen-bond donors (Lipinski definition) is 2. The molecule has 2 N–H and O–H groups in total. The van der Waals surface area contributed by atoms with Crippen LogP contribution in [0.25, 0.3) is 11.1 Å². The Morgan fingerprint density at radius 2 is 2.00 bits per heavy atom. The maximum Gasteiger partial charge on any atom is 0.308 e. The van der Waals surface area contributed by atoms with Gasteiger partial charge in [0.05, 0.1) is 5.92 Å². The number of benzene rings is 1. The zero-order valence-electron chi connectivity index (χ0n) is 14.7. The Morgan fingerprint density at radius 1 is 1.19 bits per heavy atom. The van der Waals surface area contributed by atoms with E-state index >= 15 is 0 Å². The van der Waals surface area contributed by atoms with E-state index in [1.165, 1.54) is 0 Å². The summed E-state index contributed by atoms with van der Waals surface area (Å²) in [4.78, 5) is 28.1. The van der Waals surface area contributed by atoms with E-state index in [1.54, 1.807) is 18.2 Å². The van der Waals surface area contributed by atoms with Crippen molar-refractivity contribution in [3.8, 4) is 0 Å². The number of carbonyl (C=O) groups is 2. The molecule has 0 radical (unpaired) electrons. The summed E-state index contributed by atoms with van der Waals surface area (Å²) < 4.78 is 5.49. The molecule has 26 heavy (non-hydrogen) atoms. The molecule has 0 saturated carbocycles. The van der Waals surface area contributed by atoms with E-state index in [1.807, 2.05) is 38.1 Å². The molecule has 6 heteroatoms. The summed E-state index contributed by atoms with van der Waals surface area (Å²) in [7, 11) is 0. The first-order valence-electron chi connectivity index (χ1n) is 8.36. The number of carboxylic acid groups (broad SMARTS) is 1. The van der Waals surface area contributed by atoms with Gasteiger partial charge in [-0.05, 0) is 38.0 Å². The van der Waals surface area contributed by atoms with Gasteiger partial charge in [-0.2, -0.15) is 0 Å². The molecule has 1 atom stereocenters. The first kappa shape index (κ1) is 17.7. The van der Waals surface area contributed by atoms with Crippen molar-refractivity contribution in [2.45, 2.75) is 20.3 Å². The lowest BCUT2D eigenvalue weighted by Crippen LogP contribution is -2.34. The van der Waals surface area contributed by atoms with E-state index in [-0.39, 0.29) is 12.3 Å². The smallest absolute Gasteiger partial charge is 0.308 e. The van der Waals surface area contributed by atoms with Crippen LogP contribution in [-0.2, 0) is 11.2 Å². The van der Waals surface area contributed by atoms with Crippen LogP contribution in [0.1, 0.15) is 27.4 Å². The molecule has 3 rings (SSSR count). The van der Waals surface area contributed by atoms with Crippen LogP contribution in [0.5, 0.6) is 0 Å². The lowest BCUT2D eigenvalue weighted by Gasteiger charge is -2.13. The molecule has 3 aromatic rings. The van der Waals surface area contributed by atoms with Gasteiger partial charge in [-0.1, -0.05) is 29.8 Å².